The highest BCUT2D eigenvalue weighted by atomic mass is 16.5. The fourth-order valence-electron chi connectivity index (χ4n) is 5.58. The number of likely N-dealkylation sites (tertiary alicyclic amines) is 1. The van der Waals surface area contributed by atoms with Gasteiger partial charge in [-0.2, -0.15) is 0 Å². The van der Waals surface area contributed by atoms with Gasteiger partial charge in [-0.25, -0.2) is 0 Å². The Bertz CT molecular complexity index is 744. The summed E-state index contributed by atoms with van der Waals surface area (Å²) in [7, 11) is 1.81. The number of rotatable bonds is 3. The number of carbonyl (C=O) groups excluding carboxylic acids is 1. The zero-order valence-corrected chi connectivity index (χ0v) is 17.2. The van der Waals surface area contributed by atoms with E-state index in [4.69, 9.17) is 4.74 Å². The third-order valence-electron chi connectivity index (χ3n) is 7.12. The van der Waals surface area contributed by atoms with E-state index in [1.807, 2.05) is 18.0 Å². The molecule has 7 heteroatoms. The zero-order chi connectivity index (χ0) is 19.8. The first-order valence-corrected chi connectivity index (χ1v) is 10.9. The van der Waals surface area contributed by atoms with Gasteiger partial charge in [-0.1, -0.05) is 18.2 Å². The van der Waals surface area contributed by atoms with E-state index in [2.05, 4.69) is 44.4 Å². The smallest absolute Gasteiger partial charge is 0.242 e. The molecule has 1 amide bonds. The van der Waals surface area contributed by atoms with Crippen molar-refractivity contribution in [1.82, 2.24) is 15.1 Å². The molecule has 5 rings (SSSR count). The van der Waals surface area contributed by atoms with Crippen LogP contribution in [0.15, 0.2) is 35.3 Å². The maximum absolute atomic E-state index is 12.7. The molecule has 1 aromatic rings. The maximum Gasteiger partial charge on any atom is 0.242 e. The fraction of sp³-hybridized carbons (Fsp3) is 0.636. The first-order chi connectivity index (χ1) is 14.2. The highest BCUT2D eigenvalue weighted by Gasteiger charge is 2.53. The minimum atomic E-state index is 0.154. The Morgan fingerprint density at radius 3 is 2.31 bits per heavy atom. The number of hydrogen-bond donors (Lipinski definition) is 1. The van der Waals surface area contributed by atoms with Gasteiger partial charge in [0, 0.05) is 63.8 Å². The predicted octanol–water partition coefficient (Wildman–Crippen LogP) is 1.02. The van der Waals surface area contributed by atoms with Gasteiger partial charge in [0.2, 0.25) is 5.91 Å². The average Bonchev–Trinajstić information content (AvgIpc) is 3.49. The molecule has 156 valence electrons. The Hall–Kier alpha value is -2.28. The molecular weight excluding hydrogens is 366 g/mol. The van der Waals surface area contributed by atoms with Gasteiger partial charge in [-0.05, 0) is 25.0 Å². The molecule has 4 aliphatic rings. The van der Waals surface area contributed by atoms with Gasteiger partial charge in [0.1, 0.15) is 0 Å². The number of carbonyl (C=O) groups is 1. The molecule has 4 unspecified atom stereocenters. The van der Waals surface area contributed by atoms with Crippen LogP contribution >= 0.6 is 0 Å². The number of hydrogen-bond acceptors (Lipinski definition) is 4. The molecular formula is C22H31N5O2. The Morgan fingerprint density at radius 2 is 1.69 bits per heavy atom. The number of anilines is 1. The lowest BCUT2D eigenvalue weighted by atomic mass is 9.82. The first kappa shape index (κ1) is 18.7. The van der Waals surface area contributed by atoms with Crippen LogP contribution in [0, 0.1) is 11.8 Å². The van der Waals surface area contributed by atoms with Crippen molar-refractivity contribution in [3.8, 4) is 0 Å². The molecule has 7 nitrogen and oxygen atoms in total. The van der Waals surface area contributed by atoms with Crippen molar-refractivity contribution in [2.75, 3.05) is 57.8 Å². The Labute approximate surface area is 172 Å². The van der Waals surface area contributed by atoms with Crippen LogP contribution in [-0.4, -0.2) is 86.7 Å². The van der Waals surface area contributed by atoms with E-state index in [-0.39, 0.29) is 5.91 Å². The lowest BCUT2D eigenvalue weighted by molar-refractivity contribution is -0.130. The number of para-hydroxylation sites is 1. The maximum atomic E-state index is 12.7. The fourth-order valence-corrected chi connectivity index (χ4v) is 5.58. The van der Waals surface area contributed by atoms with E-state index in [9.17, 15) is 4.79 Å². The van der Waals surface area contributed by atoms with Crippen LogP contribution in [0.25, 0.3) is 0 Å². The highest BCUT2D eigenvalue weighted by molar-refractivity contribution is 5.86. The number of piperazine rings is 1. The number of nitrogens with one attached hydrogen (secondary N) is 1. The standard InChI is InChI=1S/C22H31N5O2/c1-23-22(27-14-17-18(15-27)20-8-7-19(17)29-20)24-13-21(28)26-11-9-25(10-12-26)16-5-3-2-4-6-16/h2-6,17-20H,7-15H2,1H3,(H,23,24). The molecule has 0 aromatic heterocycles. The summed E-state index contributed by atoms with van der Waals surface area (Å²) in [5.41, 5.74) is 1.23. The number of benzene rings is 1. The van der Waals surface area contributed by atoms with Gasteiger partial charge in [0.25, 0.3) is 0 Å². The number of ether oxygens (including phenoxy) is 1. The number of amides is 1. The van der Waals surface area contributed by atoms with Crippen LogP contribution in [0.1, 0.15) is 12.8 Å². The number of fused-ring (bicyclic) bond motifs is 5. The van der Waals surface area contributed by atoms with Crippen molar-refractivity contribution >= 4 is 17.6 Å². The molecule has 29 heavy (non-hydrogen) atoms. The molecule has 2 bridgehead atoms. The lowest BCUT2D eigenvalue weighted by Gasteiger charge is -2.36. The summed E-state index contributed by atoms with van der Waals surface area (Å²) in [6.45, 7) is 5.59. The van der Waals surface area contributed by atoms with E-state index < -0.39 is 0 Å². The third-order valence-corrected chi connectivity index (χ3v) is 7.12. The van der Waals surface area contributed by atoms with Crippen LogP contribution in [0.2, 0.25) is 0 Å². The van der Waals surface area contributed by atoms with Crippen LogP contribution in [0.5, 0.6) is 0 Å². The summed E-state index contributed by atoms with van der Waals surface area (Å²) in [6.07, 6.45) is 3.30. The van der Waals surface area contributed by atoms with E-state index in [0.29, 0.717) is 30.6 Å². The largest absolute Gasteiger partial charge is 0.374 e. The second-order valence-electron chi connectivity index (χ2n) is 8.63. The van der Waals surface area contributed by atoms with E-state index in [0.717, 1.165) is 45.2 Å². The Kier molecular flexibility index (Phi) is 5.08. The van der Waals surface area contributed by atoms with Crippen LogP contribution in [0.3, 0.4) is 0 Å². The second-order valence-corrected chi connectivity index (χ2v) is 8.63. The summed E-state index contributed by atoms with van der Waals surface area (Å²) >= 11 is 0. The van der Waals surface area contributed by atoms with Crippen molar-refractivity contribution in [3.05, 3.63) is 30.3 Å². The molecule has 1 aromatic carbocycles. The Morgan fingerprint density at radius 1 is 1.03 bits per heavy atom. The second kappa shape index (κ2) is 7.86. The molecule has 4 aliphatic heterocycles. The summed E-state index contributed by atoms with van der Waals surface area (Å²) in [4.78, 5) is 23.8. The normalized spacial score (nSPS) is 31.3. The topological polar surface area (TPSA) is 60.4 Å². The number of nitrogens with zero attached hydrogens (tertiary/aromatic N) is 4. The number of guanidine groups is 1. The van der Waals surface area contributed by atoms with Gasteiger partial charge in [0.15, 0.2) is 5.96 Å². The molecule has 0 aliphatic carbocycles. The summed E-state index contributed by atoms with van der Waals surface area (Å²) in [5.74, 6) is 2.28. The molecule has 4 fully saturated rings. The third kappa shape index (κ3) is 3.56. The van der Waals surface area contributed by atoms with Crippen molar-refractivity contribution in [1.29, 1.82) is 0 Å². The monoisotopic (exact) mass is 397 g/mol. The van der Waals surface area contributed by atoms with Crippen molar-refractivity contribution < 1.29 is 9.53 Å². The minimum Gasteiger partial charge on any atom is -0.374 e. The predicted molar refractivity (Wildman–Crippen MR) is 113 cm³/mol. The van der Waals surface area contributed by atoms with E-state index >= 15 is 0 Å². The lowest BCUT2D eigenvalue weighted by Crippen LogP contribution is -2.52. The van der Waals surface area contributed by atoms with Crippen LogP contribution in [0.4, 0.5) is 5.69 Å². The average molecular weight is 398 g/mol. The van der Waals surface area contributed by atoms with Crippen LogP contribution < -0.4 is 10.2 Å². The van der Waals surface area contributed by atoms with Crippen molar-refractivity contribution in [2.45, 2.75) is 25.0 Å². The van der Waals surface area contributed by atoms with Gasteiger partial charge in [0.05, 0.1) is 18.8 Å². The minimum absolute atomic E-state index is 0.154. The first-order valence-electron chi connectivity index (χ1n) is 10.9. The zero-order valence-electron chi connectivity index (χ0n) is 17.2. The molecule has 0 radical (unpaired) electrons. The SMILES string of the molecule is CN=C(NCC(=O)N1CCN(c2ccccc2)CC1)N1CC2C3CCC(O3)C2C1. The molecule has 4 atom stereocenters. The highest BCUT2D eigenvalue weighted by Crippen LogP contribution is 2.47. The van der Waals surface area contributed by atoms with E-state index in [1.165, 1.54) is 18.5 Å². The van der Waals surface area contributed by atoms with E-state index in [1.54, 1.807) is 0 Å². The number of aliphatic imine (C=N–C) groups is 1. The molecule has 4 heterocycles. The quantitative estimate of drug-likeness (QED) is 0.610. The van der Waals surface area contributed by atoms with Crippen molar-refractivity contribution in [2.24, 2.45) is 16.8 Å². The molecule has 4 saturated heterocycles. The molecule has 1 N–H and O–H groups in total. The van der Waals surface area contributed by atoms with Gasteiger partial charge < -0.3 is 24.8 Å². The summed E-state index contributed by atoms with van der Waals surface area (Å²) < 4.78 is 6.07. The summed E-state index contributed by atoms with van der Waals surface area (Å²) in [6, 6.07) is 10.4. The molecule has 0 saturated carbocycles. The van der Waals surface area contributed by atoms with Crippen molar-refractivity contribution in [3.63, 3.8) is 0 Å². The van der Waals surface area contributed by atoms with Gasteiger partial charge >= 0.3 is 0 Å². The van der Waals surface area contributed by atoms with Gasteiger partial charge in [-0.3, -0.25) is 9.79 Å². The van der Waals surface area contributed by atoms with Gasteiger partial charge in [-0.15, -0.1) is 0 Å². The Balaban J connectivity index is 1.10. The molecule has 0 spiro atoms. The summed E-state index contributed by atoms with van der Waals surface area (Å²) in [5, 5.41) is 3.32. The van der Waals surface area contributed by atoms with Crippen LogP contribution in [-0.2, 0) is 9.53 Å².